The van der Waals surface area contributed by atoms with Gasteiger partial charge in [-0.1, -0.05) is 82.1 Å². The number of carboxylic acid groups (broad SMARTS) is 2. The lowest BCUT2D eigenvalue weighted by Crippen LogP contribution is -2.61. The summed E-state index contributed by atoms with van der Waals surface area (Å²) in [5.41, 5.74) is 6.60. The predicted octanol–water partition coefficient (Wildman–Crippen LogP) is -0.305. The van der Waals surface area contributed by atoms with Crippen molar-refractivity contribution >= 4 is 59.2 Å². The maximum absolute atomic E-state index is 14.3. The molecule has 69 heavy (non-hydrogen) atoms. The van der Waals surface area contributed by atoms with Gasteiger partial charge in [0.2, 0.25) is 47.3 Å². The van der Waals surface area contributed by atoms with Gasteiger partial charge in [-0.25, -0.2) is 9.78 Å². The second-order valence-corrected chi connectivity index (χ2v) is 19.1. The van der Waals surface area contributed by atoms with Crippen LogP contribution in [0, 0.1) is 29.6 Å². The van der Waals surface area contributed by atoms with Gasteiger partial charge in [-0.15, -0.1) is 0 Å². The number of likely N-dealkylation sites (tertiary alicyclic amines) is 1. The third-order valence-corrected chi connectivity index (χ3v) is 12.3. The van der Waals surface area contributed by atoms with E-state index in [1.807, 2.05) is 27.7 Å². The van der Waals surface area contributed by atoms with E-state index in [0.717, 1.165) is 0 Å². The molecule has 1 fully saturated rings. The summed E-state index contributed by atoms with van der Waals surface area (Å²) in [7, 11) is 0. The van der Waals surface area contributed by atoms with Gasteiger partial charge in [0.05, 0.1) is 18.9 Å². The SMILES string of the molecule is CC[C@H](C)[C@H](N)C(=O)N[C@@H](CC(C)C)C(=O)N[C@H](C(=O)N[C@@H](CCC(=O)O)C(=O)N1CCC[C@H]1C(=O)N[C@H](C(=O)N[C@@H](Cc1cnc[nH]1)C(=O)NCC(=O)N[C@H](C(=O)O)C(C)C)C(C)C)[C@@H](C)CC. The third kappa shape index (κ3) is 18.7. The van der Waals surface area contributed by atoms with Crippen molar-refractivity contribution in [2.45, 2.75) is 169 Å². The van der Waals surface area contributed by atoms with Crippen LogP contribution in [0.4, 0.5) is 0 Å². The Morgan fingerprint density at radius 3 is 1.86 bits per heavy atom. The molecule has 1 aliphatic heterocycles. The number of aromatic nitrogens is 2. The normalized spacial score (nSPS) is 17.5. The van der Waals surface area contributed by atoms with Crippen LogP contribution < -0.4 is 43.0 Å². The van der Waals surface area contributed by atoms with Crippen LogP contribution in [-0.2, 0) is 54.4 Å². The van der Waals surface area contributed by atoms with Gasteiger partial charge in [0, 0.05) is 31.3 Å². The predicted molar refractivity (Wildman–Crippen MR) is 252 cm³/mol. The molecule has 1 aromatic rings. The first-order valence-electron chi connectivity index (χ1n) is 23.9. The number of nitrogens with one attached hydrogen (secondary N) is 8. The molecule has 2 heterocycles. The Balaban J connectivity index is 2.32. The zero-order valence-electron chi connectivity index (χ0n) is 41.7. The molecule has 0 aliphatic carbocycles. The smallest absolute Gasteiger partial charge is 0.326 e. The van der Waals surface area contributed by atoms with Crippen molar-refractivity contribution in [1.29, 1.82) is 0 Å². The Morgan fingerprint density at radius 1 is 0.725 bits per heavy atom. The number of rotatable bonds is 29. The molecule has 0 unspecified atom stereocenters. The van der Waals surface area contributed by atoms with E-state index in [-0.39, 0.29) is 44.1 Å². The molecule has 1 saturated heterocycles. The average Bonchev–Trinajstić information content (AvgIpc) is 4.00. The molecular weight excluding hydrogens is 899 g/mol. The van der Waals surface area contributed by atoms with Gasteiger partial charge in [0.1, 0.15) is 42.3 Å². The lowest BCUT2D eigenvalue weighted by molar-refractivity contribution is -0.144. The Hall–Kier alpha value is -6.13. The van der Waals surface area contributed by atoms with Crippen LogP contribution in [-0.4, -0.2) is 146 Å². The molecule has 0 bridgehead atoms. The lowest BCUT2D eigenvalue weighted by atomic mass is 9.95. The summed E-state index contributed by atoms with van der Waals surface area (Å²) in [6.07, 6.45) is 3.56. The van der Waals surface area contributed by atoms with Gasteiger partial charge < -0.3 is 63.0 Å². The molecular formula is C46H77N11O12. The molecule has 0 saturated carbocycles. The standard InChI is InChI=1S/C46H77N11O12/c1-11-26(9)35(47)42(64)52-30(18-23(3)4)40(62)56-38(27(10)12-2)44(66)51-29(15-16-34(59)60)45(67)57-17-13-14-32(57)41(63)55-36(24(5)6)43(65)53-31(19-28-20-48-22-50-28)39(61)49-21-33(58)54-37(25(7)8)46(68)69/h20,22-27,29-32,35-38H,11-19,21,47H2,1-10H3,(H,48,50)(H,49,61)(H,51,66)(H,52,64)(H,53,65)(H,54,58)(H,55,63)(H,56,62)(H,59,60)(H,68,69)/t26-,27-,29-,30-,31-,32-,35-,36-,37-,38-/m0/s1. The second kappa shape index (κ2) is 28.4. The highest BCUT2D eigenvalue weighted by molar-refractivity contribution is 5.98. The fourth-order valence-corrected chi connectivity index (χ4v) is 7.63. The maximum atomic E-state index is 14.3. The van der Waals surface area contributed by atoms with Gasteiger partial charge in [-0.2, -0.15) is 0 Å². The number of aliphatic carboxylic acids is 2. The number of amides is 8. The molecule has 23 nitrogen and oxygen atoms in total. The van der Waals surface area contributed by atoms with Crippen molar-refractivity contribution in [1.82, 2.24) is 52.1 Å². The van der Waals surface area contributed by atoms with Crippen molar-refractivity contribution < 1.29 is 58.2 Å². The minimum atomic E-state index is -1.45. The number of nitrogens with zero attached hydrogens (tertiary/aromatic N) is 2. The maximum Gasteiger partial charge on any atom is 0.326 e. The van der Waals surface area contributed by atoms with Crippen LogP contribution >= 0.6 is 0 Å². The number of nitrogens with two attached hydrogens (primary N) is 1. The minimum Gasteiger partial charge on any atom is -0.481 e. The van der Waals surface area contributed by atoms with Gasteiger partial charge in [-0.05, 0) is 55.3 Å². The first kappa shape index (κ1) is 59.0. The van der Waals surface area contributed by atoms with Crippen molar-refractivity contribution in [3.05, 3.63) is 18.2 Å². The number of hydrogen-bond acceptors (Lipinski definition) is 12. The number of aromatic amines is 1. The van der Waals surface area contributed by atoms with Crippen molar-refractivity contribution in [3.8, 4) is 0 Å². The Morgan fingerprint density at radius 2 is 1.32 bits per heavy atom. The largest absolute Gasteiger partial charge is 0.481 e. The summed E-state index contributed by atoms with van der Waals surface area (Å²) >= 11 is 0. The molecule has 23 heteroatoms. The lowest BCUT2D eigenvalue weighted by Gasteiger charge is -2.32. The first-order valence-corrected chi connectivity index (χ1v) is 23.9. The number of imidazole rings is 1. The Bertz CT molecular complexity index is 1930. The van der Waals surface area contributed by atoms with Crippen LogP contribution in [0.15, 0.2) is 12.5 Å². The molecule has 0 radical (unpaired) electrons. The summed E-state index contributed by atoms with van der Waals surface area (Å²) in [5, 5.41) is 37.3. The molecule has 2 rings (SSSR count). The van der Waals surface area contributed by atoms with E-state index in [0.29, 0.717) is 25.0 Å². The molecule has 1 aliphatic rings. The zero-order chi connectivity index (χ0) is 52.3. The van der Waals surface area contributed by atoms with Crippen LogP contribution in [0.2, 0.25) is 0 Å². The van der Waals surface area contributed by atoms with Gasteiger partial charge in [0.15, 0.2) is 0 Å². The summed E-state index contributed by atoms with van der Waals surface area (Å²) in [4.78, 5) is 141. The Kier molecular flexibility index (Phi) is 24.3. The fraction of sp³-hybridized carbons (Fsp3) is 0.717. The van der Waals surface area contributed by atoms with E-state index in [1.54, 1.807) is 41.5 Å². The summed E-state index contributed by atoms with van der Waals surface area (Å²) in [6, 6.07) is -9.49. The highest BCUT2D eigenvalue weighted by Crippen LogP contribution is 2.22. The summed E-state index contributed by atoms with van der Waals surface area (Å²) in [5.74, 6) is -9.97. The average molecular weight is 976 g/mol. The van der Waals surface area contributed by atoms with Gasteiger partial charge >= 0.3 is 11.9 Å². The van der Waals surface area contributed by atoms with E-state index in [4.69, 9.17) is 5.73 Å². The van der Waals surface area contributed by atoms with E-state index in [9.17, 15) is 58.2 Å². The number of carbonyl (C=O) groups is 10. The fourth-order valence-electron chi connectivity index (χ4n) is 7.63. The Labute approximate surface area is 404 Å². The number of carbonyl (C=O) groups excluding carboxylic acids is 8. The van der Waals surface area contributed by atoms with E-state index in [2.05, 4.69) is 47.2 Å². The summed E-state index contributed by atoms with van der Waals surface area (Å²) in [6.45, 7) is 16.9. The van der Waals surface area contributed by atoms with Crippen LogP contribution in [0.25, 0.3) is 0 Å². The monoisotopic (exact) mass is 976 g/mol. The van der Waals surface area contributed by atoms with Crippen LogP contribution in [0.5, 0.6) is 0 Å². The topological polar surface area (TPSA) is 353 Å². The zero-order valence-corrected chi connectivity index (χ0v) is 41.7. The molecule has 10 atom stereocenters. The molecule has 12 N–H and O–H groups in total. The number of H-pyrrole nitrogens is 1. The minimum absolute atomic E-state index is 0.0417. The van der Waals surface area contributed by atoms with Crippen molar-refractivity contribution in [2.24, 2.45) is 35.3 Å². The highest BCUT2D eigenvalue weighted by atomic mass is 16.4. The van der Waals surface area contributed by atoms with E-state index < -0.39 is 138 Å². The van der Waals surface area contributed by atoms with Gasteiger partial charge in [0.25, 0.3) is 0 Å². The summed E-state index contributed by atoms with van der Waals surface area (Å²) < 4.78 is 0. The second-order valence-electron chi connectivity index (χ2n) is 19.1. The van der Waals surface area contributed by atoms with E-state index in [1.165, 1.54) is 17.4 Å². The van der Waals surface area contributed by atoms with E-state index >= 15 is 0 Å². The molecule has 0 aromatic carbocycles. The van der Waals surface area contributed by atoms with Crippen LogP contribution in [0.3, 0.4) is 0 Å². The molecule has 0 spiro atoms. The first-order chi connectivity index (χ1) is 32.3. The molecule has 388 valence electrons. The van der Waals surface area contributed by atoms with Crippen molar-refractivity contribution in [2.75, 3.05) is 13.1 Å². The quantitative estimate of drug-likeness (QED) is 0.0491. The molecule has 1 aromatic heterocycles. The van der Waals surface area contributed by atoms with Crippen molar-refractivity contribution in [3.63, 3.8) is 0 Å². The number of carboxylic acids is 2. The number of hydrogen-bond donors (Lipinski definition) is 11. The third-order valence-electron chi connectivity index (χ3n) is 12.3. The van der Waals surface area contributed by atoms with Crippen LogP contribution in [0.1, 0.15) is 120 Å². The molecule has 8 amide bonds. The highest BCUT2D eigenvalue weighted by Gasteiger charge is 2.41. The van der Waals surface area contributed by atoms with Gasteiger partial charge in [-0.3, -0.25) is 43.2 Å².